The summed E-state index contributed by atoms with van der Waals surface area (Å²) in [6.45, 7) is 85.6. The van der Waals surface area contributed by atoms with Gasteiger partial charge >= 0.3 is 0 Å². The van der Waals surface area contributed by atoms with E-state index in [0.717, 1.165) is 30.3 Å². The summed E-state index contributed by atoms with van der Waals surface area (Å²) in [5.41, 5.74) is 1.41. The molecule has 8 nitrogen and oxygen atoms in total. The van der Waals surface area contributed by atoms with Gasteiger partial charge in [0.25, 0.3) is 0 Å². The second-order valence-corrected chi connectivity index (χ2v) is 55.2. The highest BCUT2D eigenvalue weighted by atomic mass is 127. The SMILES string of the molecule is CC/C=C\C(C)[C@H](C)[C@@H](C)[C@H](O[Si](C)(C)C(C)(C)C)[C@@H](C)C/C(C)=C\[C@H](C)[C@@H](OCOC)C(C)CO[Si](C)(C)C(C)(C)C.CC/C=C\C(C)[C@H](C)[C@@H](C)[C@H](O[Si](C)(C)C(C)(C)C)[C@@H](C)CI.COCO[C@@H](C(C)CO[Si](C)(C)C(C)(C)C)[C@@H](C)/C=C(/C)I. The maximum Gasteiger partial charge on any atom is 0.192 e. The Morgan fingerprint density at radius 2 is 0.727 bits per heavy atom. The van der Waals surface area contributed by atoms with Gasteiger partial charge in [-0.1, -0.05) is 245 Å². The molecule has 14 heteroatoms. The highest BCUT2D eigenvalue weighted by molar-refractivity contribution is 14.1. The molecular formula is C74H152I2O8Si4. The number of hydrogen-bond donors (Lipinski definition) is 0. The summed E-state index contributed by atoms with van der Waals surface area (Å²) in [4.78, 5) is 0. The molecule has 0 aliphatic carbocycles. The van der Waals surface area contributed by atoms with Crippen LogP contribution < -0.4 is 0 Å². The third kappa shape index (κ3) is 34.3. The molecule has 0 bridgehead atoms. The highest BCUT2D eigenvalue weighted by Gasteiger charge is 2.45. The fourth-order valence-electron chi connectivity index (χ4n) is 10.2. The summed E-state index contributed by atoms with van der Waals surface area (Å²) in [7, 11) is -3.87. The van der Waals surface area contributed by atoms with Crippen molar-refractivity contribution in [2.24, 2.45) is 71.0 Å². The Balaban J connectivity index is -0.00000135. The molecule has 0 radical (unpaired) electrons. The number of methoxy groups -OCH3 is 2. The average molecular weight is 1540 g/mol. The van der Waals surface area contributed by atoms with E-state index in [0.29, 0.717) is 85.5 Å². The van der Waals surface area contributed by atoms with E-state index in [2.05, 4.69) is 328 Å². The van der Waals surface area contributed by atoms with E-state index < -0.39 is 33.3 Å². The Morgan fingerprint density at radius 1 is 0.420 bits per heavy atom. The fourth-order valence-corrected chi connectivity index (χ4v) is 16.4. The van der Waals surface area contributed by atoms with Crippen molar-refractivity contribution in [3.8, 4) is 0 Å². The molecular weight excluding hydrogens is 1380 g/mol. The van der Waals surface area contributed by atoms with Crippen LogP contribution in [0.3, 0.4) is 0 Å². The van der Waals surface area contributed by atoms with Crippen LogP contribution >= 0.6 is 45.2 Å². The van der Waals surface area contributed by atoms with Crippen molar-refractivity contribution in [1.82, 2.24) is 0 Å². The minimum Gasteiger partial charge on any atom is -0.416 e. The molecule has 0 fully saturated rings. The number of rotatable bonds is 37. The van der Waals surface area contributed by atoms with Crippen LogP contribution in [0.15, 0.2) is 45.6 Å². The Morgan fingerprint density at radius 3 is 1.00 bits per heavy atom. The first-order valence-corrected chi connectivity index (χ1v) is 48.7. The van der Waals surface area contributed by atoms with Gasteiger partial charge in [-0.3, -0.25) is 0 Å². The van der Waals surface area contributed by atoms with Gasteiger partial charge in [0.15, 0.2) is 33.3 Å². The predicted molar refractivity (Wildman–Crippen MR) is 418 cm³/mol. The molecule has 0 aromatic heterocycles. The van der Waals surface area contributed by atoms with E-state index in [-0.39, 0.29) is 50.3 Å². The van der Waals surface area contributed by atoms with Crippen LogP contribution in [-0.2, 0) is 36.7 Å². The zero-order valence-electron chi connectivity index (χ0n) is 65.4. The smallest absolute Gasteiger partial charge is 0.192 e. The van der Waals surface area contributed by atoms with Gasteiger partial charge in [-0.15, -0.1) is 0 Å². The number of ether oxygens (including phenoxy) is 4. The van der Waals surface area contributed by atoms with E-state index in [1.54, 1.807) is 14.2 Å². The normalized spacial score (nSPS) is 19.6. The lowest BCUT2D eigenvalue weighted by Crippen LogP contribution is -2.48. The monoisotopic (exact) mass is 1530 g/mol. The second-order valence-electron chi connectivity index (χ2n) is 33.5. The summed E-state index contributed by atoms with van der Waals surface area (Å²) in [5.74, 6) is 5.52. The van der Waals surface area contributed by atoms with E-state index in [9.17, 15) is 0 Å². The zero-order chi connectivity index (χ0) is 69.9. The van der Waals surface area contributed by atoms with Gasteiger partial charge < -0.3 is 36.7 Å². The summed E-state index contributed by atoms with van der Waals surface area (Å²) in [6, 6.07) is 0. The van der Waals surface area contributed by atoms with Crippen LogP contribution in [0.1, 0.15) is 213 Å². The van der Waals surface area contributed by atoms with Gasteiger partial charge in [0.05, 0.1) is 24.4 Å². The number of allylic oxidation sites excluding steroid dienone is 6. The van der Waals surface area contributed by atoms with E-state index in [1.807, 2.05) is 0 Å². The van der Waals surface area contributed by atoms with Gasteiger partial charge in [0.2, 0.25) is 0 Å². The molecule has 0 spiro atoms. The molecule has 0 amide bonds. The lowest BCUT2D eigenvalue weighted by molar-refractivity contribution is -0.106. The standard InChI is InChI=1S/C37H76O4Si2.C20H41IOSi.C17H35IO3Si/c1-20-21-22-28(3)32(7)33(8)35(41-43(18,19)37(12,13)14)30(5)24-27(2)23-29(4)34(39-26-38-15)31(6)25-40-42(16,17)36(9,10)11;1-11-12-13-15(2)17(4)18(5)19(16(3)14-21)22-23(9,10)20(6,7)8;1-13(10-15(3)18)16(20-12-19-7)14(2)11-21-22(8,9)17(4,5)6/h21-23,28-35H,20,24-26H2,1-19H3;12-13,15-19H,11,14H2,1-10H3;10,13-14,16H,11-12H2,1-9H3/b22-21-,27-23-;13-12-;15-10-/t28?,29-,30-,31?,32-,33+,34+,35+;15?,16-,17-,18+,19+;13-,14?,16+/m000/s1. The van der Waals surface area contributed by atoms with Crippen LogP contribution in [0.25, 0.3) is 0 Å². The van der Waals surface area contributed by atoms with Crippen LogP contribution in [0.5, 0.6) is 0 Å². The topological polar surface area (TPSA) is 73.8 Å². The Hall–Kier alpha value is 0.968. The molecule has 0 N–H and O–H groups in total. The predicted octanol–water partition coefficient (Wildman–Crippen LogP) is 24.4. The molecule has 0 saturated carbocycles. The molecule has 0 aliphatic rings. The third-order valence-corrected chi connectivity index (χ3v) is 40.9. The van der Waals surface area contributed by atoms with Crippen molar-refractivity contribution >= 4 is 78.5 Å². The minimum absolute atomic E-state index is 0.0272. The van der Waals surface area contributed by atoms with Crippen molar-refractivity contribution < 1.29 is 36.7 Å². The summed E-state index contributed by atoms with van der Waals surface area (Å²) >= 11 is 4.87. The Kier molecular flexibility index (Phi) is 45.1. The zero-order valence-corrected chi connectivity index (χ0v) is 73.7. The van der Waals surface area contributed by atoms with Gasteiger partial charge in [0.1, 0.15) is 13.6 Å². The van der Waals surface area contributed by atoms with Crippen molar-refractivity contribution in [3.63, 3.8) is 0 Å². The molecule has 0 heterocycles. The van der Waals surface area contributed by atoms with E-state index in [4.69, 9.17) is 36.7 Å². The molecule has 0 saturated heterocycles. The summed E-state index contributed by atoms with van der Waals surface area (Å²) in [5, 5.41) is 0.873. The van der Waals surface area contributed by atoms with E-state index in [1.165, 1.54) is 9.15 Å². The molecule has 88 heavy (non-hydrogen) atoms. The minimum atomic E-state index is -1.95. The van der Waals surface area contributed by atoms with Crippen LogP contribution in [-0.4, -0.2) is 103 Å². The molecule has 0 aliphatic heterocycles. The van der Waals surface area contributed by atoms with Crippen LogP contribution in [0, 0.1) is 71.0 Å². The van der Waals surface area contributed by atoms with Crippen molar-refractivity contribution in [2.75, 3.05) is 45.4 Å². The molecule has 0 rings (SSSR count). The number of alkyl halides is 1. The van der Waals surface area contributed by atoms with Gasteiger partial charge in [-0.05, 0) is 179 Å². The largest absolute Gasteiger partial charge is 0.416 e. The van der Waals surface area contributed by atoms with Gasteiger partial charge in [0, 0.05) is 55.5 Å². The van der Waals surface area contributed by atoms with Crippen molar-refractivity contribution in [2.45, 2.75) is 310 Å². The maximum atomic E-state index is 7.27. The summed E-state index contributed by atoms with van der Waals surface area (Å²) < 4.78 is 52.3. The number of halogens is 2. The molecule has 16 atom stereocenters. The average Bonchev–Trinajstić information content (AvgIpc) is 3.26. The second kappa shape index (κ2) is 42.6. The van der Waals surface area contributed by atoms with Crippen LogP contribution in [0.4, 0.5) is 0 Å². The maximum absolute atomic E-state index is 7.27. The quantitative estimate of drug-likeness (QED) is 0.0200. The Bertz CT molecular complexity index is 1960. The number of hydrogen-bond acceptors (Lipinski definition) is 8. The first-order valence-electron chi connectivity index (χ1n) is 34.5. The fraction of sp³-hybridized carbons (Fsp3) is 0.892. The molecule has 526 valence electrons. The van der Waals surface area contributed by atoms with Crippen molar-refractivity contribution in [3.05, 3.63) is 45.6 Å². The highest BCUT2D eigenvalue weighted by Crippen LogP contribution is 2.44. The first-order chi connectivity index (χ1) is 39.7. The van der Waals surface area contributed by atoms with E-state index >= 15 is 0 Å². The van der Waals surface area contributed by atoms with Crippen LogP contribution in [0.2, 0.25) is 72.5 Å². The van der Waals surface area contributed by atoms with Gasteiger partial charge in [-0.25, -0.2) is 0 Å². The Labute approximate surface area is 582 Å². The van der Waals surface area contributed by atoms with Crippen molar-refractivity contribution in [1.29, 1.82) is 0 Å². The molecule has 0 aromatic rings. The summed E-state index contributed by atoms with van der Waals surface area (Å²) in [6.07, 6.45) is 18.0. The lowest BCUT2D eigenvalue weighted by Gasteiger charge is -2.44. The third-order valence-electron chi connectivity index (χ3n) is 21.2. The lowest BCUT2D eigenvalue weighted by atomic mass is 9.77. The first kappa shape index (κ1) is 93.2. The molecule has 4 unspecified atom stereocenters. The van der Waals surface area contributed by atoms with Gasteiger partial charge in [-0.2, -0.15) is 0 Å². The molecule has 0 aromatic carbocycles.